The predicted octanol–water partition coefficient (Wildman–Crippen LogP) is 2.46. The van der Waals surface area contributed by atoms with Crippen molar-refractivity contribution in [2.45, 2.75) is 5.38 Å². The number of rotatable bonds is 5. The van der Waals surface area contributed by atoms with E-state index < -0.39 is 11.7 Å². The van der Waals surface area contributed by atoms with Gasteiger partial charge in [-0.2, -0.15) is 0 Å². The third kappa shape index (κ3) is 4.15. The SMILES string of the molecule is COCC(Cl)CNC(=O)c1c(F)cccc1Cl. The largest absolute Gasteiger partial charge is 0.383 e. The Morgan fingerprint density at radius 1 is 1.59 bits per heavy atom. The number of hydrogen-bond donors (Lipinski definition) is 1. The van der Waals surface area contributed by atoms with Gasteiger partial charge in [-0.1, -0.05) is 17.7 Å². The zero-order chi connectivity index (χ0) is 12.8. The van der Waals surface area contributed by atoms with Gasteiger partial charge in [0.25, 0.3) is 5.91 Å². The molecule has 0 fully saturated rings. The van der Waals surface area contributed by atoms with Crippen molar-refractivity contribution in [1.29, 1.82) is 0 Å². The molecule has 0 aliphatic carbocycles. The Bertz CT molecular complexity index is 381. The molecule has 1 N–H and O–H groups in total. The zero-order valence-electron chi connectivity index (χ0n) is 9.17. The first kappa shape index (κ1) is 14.2. The fourth-order valence-corrected chi connectivity index (χ4v) is 1.70. The van der Waals surface area contributed by atoms with Crippen LogP contribution in [0.1, 0.15) is 10.4 Å². The van der Waals surface area contributed by atoms with Gasteiger partial charge >= 0.3 is 0 Å². The lowest BCUT2D eigenvalue weighted by Gasteiger charge is -2.11. The van der Waals surface area contributed by atoms with Crippen molar-refractivity contribution < 1.29 is 13.9 Å². The second kappa shape index (κ2) is 6.79. The zero-order valence-corrected chi connectivity index (χ0v) is 10.7. The Hall–Kier alpha value is -0.840. The molecule has 1 amide bonds. The topological polar surface area (TPSA) is 38.3 Å². The van der Waals surface area contributed by atoms with Gasteiger partial charge in [-0.15, -0.1) is 11.6 Å². The molecule has 0 bridgehead atoms. The molecule has 1 aromatic rings. The molecule has 1 aromatic carbocycles. The quantitative estimate of drug-likeness (QED) is 0.841. The van der Waals surface area contributed by atoms with Gasteiger partial charge in [0.05, 0.1) is 22.6 Å². The second-order valence-corrected chi connectivity index (χ2v) is 4.38. The van der Waals surface area contributed by atoms with Crippen LogP contribution in [0.3, 0.4) is 0 Å². The summed E-state index contributed by atoms with van der Waals surface area (Å²) in [4.78, 5) is 11.7. The van der Waals surface area contributed by atoms with Crippen molar-refractivity contribution in [1.82, 2.24) is 5.32 Å². The van der Waals surface area contributed by atoms with Crippen molar-refractivity contribution in [2.75, 3.05) is 20.3 Å². The normalized spacial score (nSPS) is 12.2. The summed E-state index contributed by atoms with van der Waals surface area (Å²) < 4.78 is 18.2. The lowest BCUT2D eigenvalue weighted by molar-refractivity contribution is 0.0945. The summed E-state index contributed by atoms with van der Waals surface area (Å²) >= 11 is 11.6. The fourth-order valence-electron chi connectivity index (χ4n) is 1.25. The molecule has 1 rings (SSSR count). The second-order valence-electron chi connectivity index (χ2n) is 3.36. The summed E-state index contributed by atoms with van der Waals surface area (Å²) in [6, 6.07) is 4.06. The molecule has 0 aliphatic heterocycles. The average Bonchev–Trinajstić information content (AvgIpc) is 2.26. The first-order valence-corrected chi connectivity index (χ1v) is 5.73. The number of methoxy groups -OCH3 is 1. The lowest BCUT2D eigenvalue weighted by atomic mass is 10.2. The van der Waals surface area contributed by atoms with E-state index in [0.717, 1.165) is 0 Å². The molecule has 3 nitrogen and oxygen atoms in total. The molecule has 17 heavy (non-hydrogen) atoms. The van der Waals surface area contributed by atoms with E-state index in [-0.39, 0.29) is 22.5 Å². The average molecular weight is 280 g/mol. The van der Waals surface area contributed by atoms with E-state index >= 15 is 0 Å². The van der Waals surface area contributed by atoms with Crippen LogP contribution in [0.15, 0.2) is 18.2 Å². The maximum absolute atomic E-state index is 13.4. The number of hydrogen-bond acceptors (Lipinski definition) is 2. The monoisotopic (exact) mass is 279 g/mol. The minimum Gasteiger partial charge on any atom is -0.383 e. The van der Waals surface area contributed by atoms with Crippen LogP contribution in [0, 0.1) is 5.82 Å². The minimum atomic E-state index is -0.659. The Balaban J connectivity index is 2.64. The summed E-state index contributed by atoms with van der Waals surface area (Å²) in [6.45, 7) is 0.478. The van der Waals surface area contributed by atoms with Gasteiger partial charge in [-0.3, -0.25) is 4.79 Å². The number of carbonyl (C=O) groups is 1. The first-order chi connectivity index (χ1) is 8.06. The molecule has 0 saturated heterocycles. The van der Waals surface area contributed by atoms with Crippen molar-refractivity contribution in [2.24, 2.45) is 0 Å². The minimum absolute atomic E-state index is 0.0698. The number of carbonyl (C=O) groups excluding carboxylic acids is 1. The molecular weight excluding hydrogens is 268 g/mol. The Morgan fingerprint density at radius 3 is 2.88 bits per heavy atom. The molecule has 0 aliphatic rings. The fraction of sp³-hybridized carbons (Fsp3) is 0.364. The van der Waals surface area contributed by atoms with Crippen molar-refractivity contribution in [3.63, 3.8) is 0 Å². The highest BCUT2D eigenvalue weighted by molar-refractivity contribution is 6.33. The standard InChI is InChI=1S/C11H12Cl2FNO2/c1-17-6-7(12)5-15-11(16)10-8(13)3-2-4-9(10)14/h2-4,7H,5-6H2,1H3,(H,15,16). The molecule has 94 valence electrons. The third-order valence-electron chi connectivity index (χ3n) is 2.02. The summed E-state index contributed by atoms with van der Waals surface area (Å²) in [5.74, 6) is -1.25. The van der Waals surface area contributed by atoms with E-state index in [1.165, 1.54) is 25.3 Å². The summed E-state index contributed by atoms with van der Waals surface area (Å²) in [7, 11) is 1.50. The number of ether oxygens (including phenoxy) is 1. The maximum Gasteiger partial charge on any atom is 0.255 e. The number of halogens is 3. The van der Waals surface area contributed by atoms with E-state index in [4.69, 9.17) is 27.9 Å². The van der Waals surface area contributed by atoms with Gasteiger partial charge in [0, 0.05) is 13.7 Å². The maximum atomic E-state index is 13.4. The summed E-state index contributed by atoms with van der Waals surface area (Å²) in [6.07, 6.45) is 0. The van der Waals surface area contributed by atoms with E-state index in [9.17, 15) is 9.18 Å². The van der Waals surface area contributed by atoms with Crippen molar-refractivity contribution in [3.05, 3.63) is 34.6 Å². The van der Waals surface area contributed by atoms with Crippen molar-refractivity contribution >= 4 is 29.1 Å². The molecule has 1 atom stereocenters. The Morgan fingerprint density at radius 2 is 2.29 bits per heavy atom. The summed E-state index contributed by atoms with van der Waals surface area (Å²) in [5, 5.41) is 2.19. The smallest absolute Gasteiger partial charge is 0.255 e. The number of benzene rings is 1. The van der Waals surface area contributed by atoms with E-state index in [0.29, 0.717) is 6.61 Å². The molecule has 0 spiro atoms. The van der Waals surface area contributed by atoms with Gasteiger partial charge < -0.3 is 10.1 Å². The lowest BCUT2D eigenvalue weighted by Crippen LogP contribution is -2.32. The number of alkyl halides is 1. The van der Waals surface area contributed by atoms with Gasteiger partial charge in [-0.25, -0.2) is 4.39 Å². The number of nitrogens with one attached hydrogen (secondary N) is 1. The van der Waals surface area contributed by atoms with Crippen LogP contribution >= 0.6 is 23.2 Å². The van der Waals surface area contributed by atoms with Crippen LogP contribution in [0.5, 0.6) is 0 Å². The first-order valence-electron chi connectivity index (χ1n) is 4.91. The van der Waals surface area contributed by atoms with E-state index in [1.807, 2.05) is 0 Å². The molecule has 0 radical (unpaired) electrons. The van der Waals surface area contributed by atoms with Crippen LogP contribution in [-0.4, -0.2) is 31.5 Å². The molecular formula is C11H12Cl2FNO2. The van der Waals surface area contributed by atoms with E-state index in [2.05, 4.69) is 5.32 Å². The van der Waals surface area contributed by atoms with Crippen LogP contribution in [0.25, 0.3) is 0 Å². The summed E-state index contributed by atoms with van der Waals surface area (Å²) in [5.41, 5.74) is -0.171. The van der Waals surface area contributed by atoms with Gasteiger partial charge in [-0.05, 0) is 12.1 Å². The van der Waals surface area contributed by atoms with Crippen LogP contribution in [0.4, 0.5) is 4.39 Å². The predicted molar refractivity (Wildman–Crippen MR) is 65.3 cm³/mol. The van der Waals surface area contributed by atoms with Crippen molar-refractivity contribution in [3.8, 4) is 0 Å². The van der Waals surface area contributed by atoms with Crippen LogP contribution in [0.2, 0.25) is 5.02 Å². The Kier molecular flexibility index (Phi) is 5.68. The molecule has 6 heteroatoms. The van der Waals surface area contributed by atoms with E-state index in [1.54, 1.807) is 0 Å². The molecule has 0 saturated carbocycles. The molecule has 0 aromatic heterocycles. The molecule has 1 unspecified atom stereocenters. The highest BCUT2D eigenvalue weighted by Gasteiger charge is 2.16. The van der Waals surface area contributed by atoms with Gasteiger partial charge in [0.2, 0.25) is 0 Å². The Labute approximate surface area is 109 Å². The van der Waals surface area contributed by atoms with Gasteiger partial charge in [0.1, 0.15) is 5.82 Å². The third-order valence-corrected chi connectivity index (χ3v) is 2.62. The molecule has 0 heterocycles. The highest BCUT2D eigenvalue weighted by atomic mass is 35.5. The number of amides is 1. The van der Waals surface area contributed by atoms with Crippen LogP contribution < -0.4 is 5.32 Å². The van der Waals surface area contributed by atoms with Crippen LogP contribution in [-0.2, 0) is 4.74 Å². The van der Waals surface area contributed by atoms with Gasteiger partial charge in [0.15, 0.2) is 0 Å². The highest BCUT2D eigenvalue weighted by Crippen LogP contribution is 2.18.